The first-order valence-electron chi connectivity index (χ1n) is 5.27. The molecule has 0 N–H and O–H groups in total. The standard InChI is InChI=1S/C11H22O2/c1-5-6-7-8-11(12)13-10(4)9(2)3/h9-10H,5-8H2,1-4H3. The minimum absolute atomic E-state index is 0.0466. The van der Waals surface area contributed by atoms with Gasteiger partial charge in [0.2, 0.25) is 0 Å². The molecule has 1 atom stereocenters. The van der Waals surface area contributed by atoms with Crippen LogP contribution in [0.4, 0.5) is 0 Å². The second-order valence-electron chi connectivity index (χ2n) is 3.90. The molecular weight excluding hydrogens is 164 g/mol. The van der Waals surface area contributed by atoms with Gasteiger partial charge in [-0.1, -0.05) is 33.6 Å². The number of hydrogen-bond acceptors (Lipinski definition) is 2. The van der Waals surface area contributed by atoms with Crippen molar-refractivity contribution in [3.63, 3.8) is 0 Å². The van der Waals surface area contributed by atoms with E-state index in [0.29, 0.717) is 12.3 Å². The van der Waals surface area contributed by atoms with E-state index in [9.17, 15) is 4.79 Å². The zero-order chi connectivity index (χ0) is 10.3. The smallest absolute Gasteiger partial charge is 0.306 e. The molecule has 0 bridgehead atoms. The first-order valence-corrected chi connectivity index (χ1v) is 5.27. The third-order valence-electron chi connectivity index (χ3n) is 2.24. The molecule has 0 aromatic carbocycles. The van der Waals surface area contributed by atoms with Crippen LogP contribution in [-0.4, -0.2) is 12.1 Å². The molecule has 0 amide bonds. The van der Waals surface area contributed by atoms with Gasteiger partial charge in [0.25, 0.3) is 0 Å². The summed E-state index contributed by atoms with van der Waals surface area (Å²) in [6, 6.07) is 0. The van der Waals surface area contributed by atoms with Crippen LogP contribution in [0, 0.1) is 5.92 Å². The quantitative estimate of drug-likeness (QED) is 0.470. The fraction of sp³-hybridized carbons (Fsp3) is 0.909. The highest BCUT2D eigenvalue weighted by molar-refractivity contribution is 5.69. The van der Waals surface area contributed by atoms with E-state index in [1.807, 2.05) is 6.92 Å². The van der Waals surface area contributed by atoms with Crippen molar-refractivity contribution in [2.24, 2.45) is 5.92 Å². The molecule has 0 aromatic rings. The summed E-state index contributed by atoms with van der Waals surface area (Å²) in [7, 11) is 0. The second kappa shape index (κ2) is 6.93. The summed E-state index contributed by atoms with van der Waals surface area (Å²) in [4.78, 5) is 11.2. The van der Waals surface area contributed by atoms with Crippen LogP contribution in [0.25, 0.3) is 0 Å². The highest BCUT2D eigenvalue weighted by atomic mass is 16.5. The maximum absolute atomic E-state index is 11.2. The summed E-state index contributed by atoms with van der Waals surface area (Å²) in [5, 5.41) is 0. The van der Waals surface area contributed by atoms with Crippen LogP contribution in [0.2, 0.25) is 0 Å². The third-order valence-corrected chi connectivity index (χ3v) is 2.24. The number of esters is 1. The number of hydrogen-bond donors (Lipinski definition) is 0. The molecule has 0 aliphatic carbocycles. The average Bonchev–Trinajstić information content (AvgIpc) is 2.04. The van der Waals surface area contributed by atoms with Crippen molar-refractivity contribution in [3.05, 3.63) is 0 Å². The van der Waals surface area contributed by atoms with Crippen molar-refractivity contribution in [3.8, 4) is 0 Å². The van der Waals surface area contributed by atoms with E-state index < -0.39 is 0 Å². The normalized spacial score (nSPS) is 13.0. The van der Waals surface area contributed by atoms with Crippen LogP contribution in [-0.2, 0) is 9.53 Å². The molecule has 78 valence electrons. The molecule has 0 fully saturated rings. The molecule has 0 aromatic heterocycles. The maximum Gasteiger partial charge on any atom is 0.306 e. The van der Waals surface area contributed by atoms with E-state index in [1.165, 1.54) is 0 Å². The summed E-state index contributed by atoms with van der Waals surface area (Å²) in [6.07, 6.45) is 3.84. The van der Waals surface area contributed by atoms with Gasteiger partial charge >= 0.3 is 5.97 Å². The number of rotatable bonds is 6. The van der Waals surface area contributed by atoms with E-state index in [-0.39, 0.29) is 12.1 Å². The molecule has 0 saturated heterocycles. The largest absolute Gasteiger partial charge is 0.462 e. The SMILES string of the molecule is CCCCCC(=O)OC(C)C(C)C. The van der Waals surface area contributed by atoms with Crippen LogP contribution in [0.3, 0.4) is 0 Å². The molecule has 2 nitrogen and oxygen atoms in total. The van der Waals surface area contributed by atoms with Crippen molar-refractivity contribution < 1.29 is 9.53 Å². The summed E-state index contributed by atoms with van der Waals surface area (Å²) >= 11 is 0. The van der Waals surface area contributed by atoms with Gasteiger partial charge in [0, 0.05) is 6.42 Å². The monoisotopic (exact) mass is 186 g/mol. The van der Waals surface area contributed by atoms with Gasteiger partial charge in [0.05, 0.1) is 0 Å². The van der Waals surface area contributed by atoms with Crippen LogP contribution in [0.1, 0.15) is 53.4 Å². The highest BCUT2D eigenvalue weighted by Crippen LogP contribution is 2.08. The number of carbonyl (C=O) groups is 1. The fourth-order valence-electron chi connectivity index (χ4n) is 0.922. The van der Waals surface area contributed by atoms with Crippen LogP contribution < -0.4 is 0 Å². The van der Waals surface area contributed by atoms with Gasteiger partial charge in [-0.15, -0.1) is 0 Å². The zero-order valence-corrected chi connectivity index (χ0v) is 9.30. The van der Waals surface area contributed by atoms with Crippen molar-refractivity contribution in [2.45, 2.75) is 59.5 Å². The third kappa shape index (κ3) is 6.62. The molecule has 0 aliphatic rings. The average molecular weight is 186 g/mol. The Morgan fingerprint density at radius 3 is 2.31 bits per heavy atom. The first-order chi connectivity index (χ1) is 6.07. The number of ether oxygens (including phenoxy) is 1. The lowest BCUT2D eigenvalue weighted by molar-refractivity contribution is -0.150. The van der Waals surface area contributed by atoms with Crippen molar-refractivity contribution in [1.82, 2.24) is 0 Å². The van der Waals surface area contributed by atoms with Crippen molar-refractivity contribution in [2.75, 3.05) is 0 Å². The number of carbonyl (C=O) groups excluding carboxylic acids is 1. The van der Waals surface area contributed by atoms with E-state index in [4.69, 9.17) is 4.74 Å². The van der Waals surface area contributed by atoms with Crippen LogP contribution in [0.15, 0.2) is 0 Å². The second-order valence-corrected chi connectivity index (χ2v) is 3.90. The lowest BCUT2D eigenvalue weighted by Gasteiger charge is -2.16. The highest BCUT2D eigenvalue weighted by Gasteiger charge is 2.11. The first kappa shape index (κ1) is 12.5. The Morgan fingerprint density at radius 1 is 1.23 bits per heavy atom. The maximum atomic E-state index is 11.2. The summed E-state index contributed by atoms with van der Waals surface area (Å²) in [5.74, 6) is 0.366. The Labute approximate surface area is 81.7 Å². The summed E-state index contributed by atoms with van der Waals surface area (Å²) in [6.45, 7) is 8.19. The topological polar surface area (TPSA) is 26.3 Å². The van der Waals surface area contributed by atoms with Gasteiger partial charge in [0.15, 0.2) is 0 Å². The van der Waals surface area contributed by atoms with Crippen molar-refractivity contribution >= 4 is 5.97 Å². The van der Waals surface area contributed by atoms with E-state index >= 15 is 0 Å². The predicted octanol–water partition coefficient (Wildman–Crippen LogP) is 3.15. The molecular formula is C11H22O2. The molecule has 0 radical (unpaired) electrons. The molecule has 1 unspecified atom stereocenters. The van der Waals surface area contributed by atoms with Gasteiger partial charge in [-0.05, 0) is 19.3 Å². The zero-order valence-electron chi connectivity index (χ0n) is 9.30. The lowest BCUT2D eigenvalue weighted by atomic mass is 10.1. The molecule has 0 rings (SSSR count). The molecule has 0 aliphatic heterocycles. The Balaban J connectivity index is 3.50. The minimum atomic E-state index is -0.0466. The minimum Gasteiger partial charge on any atom is -0.462 e. The molecule has 0 spiro atoms. The lowest BCUT2D eigenvalue weighted by Crippen LogP contribution is -2.19. The summed E-state index contributed by atoms with van der Waals surface area (Å²) in [5.41, 5.74) is 0. The Morgan fingerprint density at radius 2 is 1.85 bits per heavy atom. The predicted molar refractivity (Wildman–Crippen MR) is 54.5 cm³/mol. The van der Waals surface area contributed by atoms with E-state index in [1.54, 1.807) is 0 Å². The number of unbranched alkanes of at least 4 members (excludes halogenated alkanes) is 2. The van der Waals surface area contributed by atoms with Crippen LogP contribution >= 0.6 is 0 Å². The van der Waals surface area contributed by atoms with Gasteiger partial charge in [-0.2, -0.15) is 0 Å². The van der Waals surface area contributed by atoms with Gasteiger partial charge in [0.1, 0.15) is 6.10 Å². The van der Waals surface area contributed by atoms with Crippen LogP contribution in [0.5, 0.6) is 0 Å². The molecule has 0 heterocycles. The van der Waals surface area contributed by atoms with Gasteiger partial charge < -0.3 is 4.74 Å². The Bertz CT molecular complexity index is 141. The Hall–Kier alpha value is -0.530. The fourth-order valence-corrected chi connectivity index (χ4v) is 0.922. The summed E-state index contributed by atoms with van der Waals surface area (Å²) < 4.78 is 5.22. The van der Waals surface area contributed by atoms with Gasteiger partial charge in [-0.25, -0.2) is 0 Å². The molecule has 13 heavy (non-hydrogen) atoms. The molecule has 0 saturated carbocycles. The molecule has 2 heteroatoms. The van der Waals surface area contributed by atoms with E-state index in [0.717, 1.165) is 19.3 Å². The Kier molecular flexibility index (Phi) is 6.65. The van der Waals surface area contributed by atoms with Gasteiger partial charge in [-0.3, -0.25) is 4.79 Å². The van der Waals surface area contributed by atoms with E-state index in [2.05, 4.69) is 20.8 Å². The van der Waals surface area contributed by atoms with Crippen molar-refractivity contribution in [1.29, 1.82) is 0 Å².